The van der Waals surface area contributed by atoms with Crippen LogP contribution in [0.2, 0.25) is 0 Å². The van der Waals surface area contributed by atoms with Crippen LogP contribution in [0.15, 0.2) is 0 Å². The van der Waals surface area contributed by atoms with Gasteiger partial charge in [0.15, 0.2) is 5.78 Å². The van der Waals surface area contributed by atoms with E-state index >= 15 is 0 Å². The van der Waals surface area contributed by atoms with E-state index in [0.717, 1.165) is 5.75 Å². The van der Waals surface area contributed by atoms with E-state index < -0.39 is 24.0 Å². The molecule has 0 heterocycles. The van der Waals surface area contributed by atoms with Crippen LogP contribution in [0, 0.1) is 0 Å². The second kappa shape index (κ2) is 14.9. The van der Waals surface area contributed by atoms with Crippen molar-refractivity contribution in [1.29, 1.82) is 0 Å². The number of rotatable bonds is 14. The third-order valence-electron chi connectivity index (χ3n) is 3.23. The highest BCUT2D eigenvalue weighted by Crippen LogP contribution is 2.22. The molecule has 0 aliphatic heterocycles. The average molecular weight is 409 g/mol. The zero-order valence-corrected chi connectivity index (χ0v) is 17.1. The minimum atomic E-state index is -0.881. The van der Waals surface area contributed by atoms with Crippen LogP contribution in [0.3, 0.4) is 0 Å². The molecule has 2 atom stereocenters. The summed E-state index contributed by atoms with van der Waals surface area (Å²) in [7, 11) is 4.28. The van der Waals surface area contributed by atoms with Crippen LogP contribution >= 0.6 is 21.6 Å². The number of hydrogen-bond acceptors (Lipinski definition) is 9. The van der Waals surface area contributed by atoms with E-state index in [1.165, 1.54) is 17.9 Å². The number of methoxy groups -OCH3 is 1. The van der Waals surface area contributed by atoms with Gasteiger partial charge in [0, 0.05) is 24.3 Å². The number of ether oxygens (including phenoxy) is 2. The Hall–Kier alpha value is -1.26. The lowest BCUT2D eigenvalue weighted by atomic mass is 10.1. The monoisotopic (exact) mass is 408 g/mol. The van der Waals surface area contributed by atoms with E-state index in [-0.39, 0.29) is 44.0 Å². The third-order valence-corrected chi connectivity index (χ3v) is 5.71. The molecule has 0 fully saturated rings. The van der Waals surface area contributed by atoms with Crippen LogP contribution in [0.25, 0.3) is 0 Å². The van der Waals surface area contributed by atoms with Crippen molar-refractivity contribution >= 4 is 45.2 Å². The molecular formula is C16H28N2O6S2. The Balaban J connectivity index is 4.55. The maximum absolute atomic E-state index is 12.3. The van der Waals surface area contributed by atoms with Gasteiger partial charge in [-0.1, -0.05) is 28.5 Å². The van der Waals surface area contributed by atoms with Gasteiger partial charge in [0.05, 0.1) is 26.2 Å². The molecule has 1 amide bonds. The van der Waals surface area contributed by atoms with Crippen molar-refractivity contribution in [3.63, 3.8) is 0 Å². The molecule has 0 aromatic carbocycles. The molecule has 0 saturated heterocycles. The summed E-state index contributed by atoms with van der Waals surface area (Å²) in [6.45, 7) is 3.94. The fourth-order valence-corrected chi connectivity index (χ4v) is 3.73. The van der Waals surface area contributed by atoms with Crippen LogP contribution in [0.4, 0.5) is 0 Å². The summed E-state index contributed by atoms with van der Waals surface area (Å²) in [4.78, 5) is 47.0. The van der Waals surface area contributed by atoms with E-state index in [2.05, 4.69) is 10.1 Å². The first kappa shape index (κ1) is 24.7. The Morgan fingerprint density at radius 1 is 1.08 bits per heavy atom. The number of carbonyl (C=O) groups is 4. The normalized spacial score (nSPS) is 12.8. The quantitative estimate of drug-likeness (QED) is 0.246. The van der Waals surface area contributed by atoms with Crippen LogP contribution in [0.1, 0.15) is 39.5 Å². The van der Waals surface area contributed by atoms with Crippen LogP contribution in [0.5, 0.6) is 0 Å². The summed E-state index contributed by atoms with van der Waals surface area (Å²) in [6, 6.07) is -1.58. The largest absolute Gasteiger partial charge is 0.468 e. The van der Waals surface area contributed by atoms with Crippen molar-refractivity contribution < 1.29 is 28.7 Å². The third kappa shape index (κ3) is 11.4. The van der Waals surface area contributed by atoms with E-state index in [9.17, 15) is 19.2 Å². The first-order valence-corrected chi connectivity index (χ1v) is 10.9. The van der Waals surface area contributed by atoms with Gasteiger partial charge >= 0.3 is 11.9 Å². The van der Waals surface area contributed by atoms with Gasteiger partial charge in [-0.15, -0.1) is 0 Å². The van der Waals surface area contributed by atoms with Gasteiger partial charge < -0.3 is 20.5 Å². The van der Waals surface area contributed by atoms with Gasteiger partial charge in [0.2, 0.25) is 5.91 Å². The highest BCUT2D eigenvalue weighted by atomic mass is 33.1. The van der Waals surface area contributed by atoms with Crippen molar-refractivity contribution in [1.82, 2.24) is 5.32 Å². The number of hydrogen-bond donors (Lipinski definition) is 2. The number of Topliss-reactive ketones (excluding diaryl/α,β-unsaturated/α-hetero) is 1. The van der Waals surface area contributed by atoms with E-state index in [0.29, 0.717) is 5.75 Å². The molecule has 2 unspecified atom stereocenters. The molecule has 3 N–H and O–H groups in total. The zero-order valence-electron chi connectivity index (χ0n) is 15.4. The topological polar surface area (TPSA) is 125 Å². The second-order valence-electron chi connectivity index (χ2n) is 5.25. The summed E-state index contributed by atoms with van der Waals surface area (Å²) in [5, 5.41) is 2.66. The lowest BCUT2D eigenvalue weighted by molar-refractivity contribution is -0.144. The van der Waals surface area contributed by atoms with Crippen molar-refractivity contribution in [3.05, 3.63) is 0 Å². The molecule has 0 saturated carbocycles. The molecule has 0 aromatic rings. The summed E-state index contributed by atoms with van der Waals surface area (Å²) in [6.07, 6.45) is 0.114. The Morgan fingerprint density at radius 3 is 2.35 bits per heavy atom. The zero-order chi connectivity index (χ0) is 19.9. The Labute approximate surface area is 162 Å². The average Bonchev–Trinajstić information content (AvgIpc) is 2.62. The summed E-state index contributed by atoms with van der Waals surface area (Å²) in [5.74, 6) is -0.361. The minimum Gasteiger partial charge on any atom is -0.468 e. The lowest BCUT2D eigenvalue weighted by Gasteiger charge is -2.17. The van der Waals surface area contributed by atoms with Crippen molar-refractivity contribution in [3.8, 4) is 0 Å². The number of carbonyl (C=O) groups excluding carboxylic acids is 4. The standard InChI is InChI=1S/C16H28N2O6S2/c1-4-24-15(21)9-7-13(19)12(10-26-25-5-2)18-14(20)8-6-11(17)16(22)23-3/h11-12H,4-10,17H2,1-3H3,(H,18,20). The summed E-state index contributed by atoms with van der Waals surface area (Å²) < 4.78 is 9.31. The first-order valence-electron chi connectivity index (χ1n) is 8.41. The molecule has 0 radical (unpaired) electrons. The predicted octanol–water partition coefficient (Wildman–Crippen LogP) is 1.07. The van der Waals surface area contributed by atoms with E-state index in [1.807, 2.05) is 6.92 Å². The Bertz CT molecular complexity index is 476. The van der Waals surface area contributed by atoms with Gasteiger partial charge in [0.1, 0.15) is 6.04 Å². The van der Waals surface area contributed by atoms with E-state index in [1.54, 1.807) is 17.7 Å². The van der Waals surface area contributed by atoms with Crippen LogP contribution in [-0.2, 0) is 28.7 Å². The highest BCUT2D eigenvalue weighted by molar-refractivity contribution is 8.76. The maximum atomic E-state index is 12.3. The van der Waals surface area contributed by atoms with Gasteiger partial charge in [0.25, 0.3) is 0 Å². The number of nitrogens with one attached hydrogen (secondary N) is 1. The minimum absolute atomic E-state index is 0.00278. The van der Waals surface area contributed by atoms with Crippen molar-refractivity contribution in [2.24, 2.45) is 5.73 Å². The molecule has 26 heavy (non-hydrogen) atoms. The smallest absolute Gasteiger partial charge is 0.322 e. The van der Waals surface area contributed by atoms with Crippen molar-refractivity contribution in [2.45, 2.75) is 51.6 Å². The fraction of sp³-hybridized carbons (Fsp3) is 0.750. The van der Waals surface area contributed by atoms with Crippen LogP contribution < -0.4 is 11.1 Å². The molecule has 0 bridgehead atoms. The van der Waals surface area contributed by atoms with Crippen LogP contribution in [-0.4, -0.2) is 60.9 Å². The second-order valence-corrected chi connectivity index (χ2v) is 8.05. The molecule has 0 spiro atoms. The molecule has 150 valence electrons. The Kier molecular flexibility index (Phi) is 14.1. The molecular weight excluding hydrogens is 380 g/mol. The fourth-order valence-electron chi connectivity index (χ4n) is 1.87. The first-order chi connectivity index (χ1) is 12.3. The number of esters is 2. The molecule has 0 rings (SSSR count). The van der Waals surface area contributed by atoms with Gasteiger partial charge in [-0.3, -0.25) is 19.2 Å². The molecule has 0 aliphatic carbocycles. The maximum Gasteiger partial charge on any atom is 0.322 e. The SMILES string of the molecule is CCOC(=O)CCC(=O)C(CSSCC)NC(=O)CCC(N)C(=O)OC. The number of amides is 1. The molecule has 0 aromatic heterocycles. The predicted molar refractivity (Wildman–Crippen MR) is 103 cm³/mol. The van der Waals surface area contributed by atoms with Gasteiger partial charge in [-0.25, -0.2) is 0 Å². The molecule has 0 aliphatic rings. The highest BCUT2D eigenvalue weighted by Gasteiger charge is 2.23. The summed E-state index contributed by atoms with van der Waals surface area (Å²) >= 11 is 0. The molecule has 10 heteroatoms. The van der Waals surface area contributed by atoms with Gasteiger partial charge in [-0.05, 0) is 13.3 Å². The van der Waals surface area contributed by atoms with Crippen molar-refractivity contribution in [2.75, 3.05) is 25.2 Å². The molecule has 8 nitrogen and oxygen atoms in total. The Morgan fingerprint density at radius 2 is 1.77 bits per heavy atom. The summed E-state index contributed by atoms with van der Waals surface area (Å²) in [5.41, 5.74) is 5.59. The van der Waals surface area contributed by atoms with Gasteiger partial charge in [-0.2, -0.15) is 0 Å². The number of ketones is 1. The van der Waals surface area contributed by atoms with E-state index in [4.69, 9.17) is 10.5 Å². The lowest BCUT2D eigenvalue weighted by Crippen LogP contribution is -2.43. The number of nitrogens with two attached hydrogens (primary N) is 1.